The van der Waals surface area contributed by atoms with Gasteiger partial charge in [0.2, 0.25) is 0 Å². The van der Waals surface area contributed by atoms with Crippen molar-refractivity contribution in [2.45, 2.75) is 12.2 Å². The van der Waals surface area contributed by atoms with Gasteiger partial charge >= 0.3 is 18.1 Å². The Morgan fingerprint density at radius 3 is 2.27 bits per heavy atom. The molecular formula is C9H9ClF3N3O5S. The molecule has 5 N–H and O–H groups in total. The van der Waals surface area contributed by atoms with E-state index in [1.807, 2.05) is 0 Å². The van der Waals surface area contributed by atoms with Gasteiger partial charge in [-0.3, -0.25) is 9.59 Å². The number of nitrogens with zero attached hydrogens (tertiary/aromatic N) is 1. The van der Waals surface area contributed by atoms with E-state index < -0.39 is 30.1 Å². The van der Waals surface area contributed by atoms with Crippen molar-refractivity contribution in [2.24, 2.45) is 10.7 Å². The van der Waals surface area contributed by atoms with Crippen molar-refractivity contribution < 1.29 is 37.8 Å². The monoisotopic (exact) mass is 363 g/mol. The van der Waals surface area contributed by atoms with Crippen LogP contribution in [0.2, 0.25) is 0 Å². The number of carbonyl (C=O) groups excluding carboxylic acids is 1. The first kappa shape index (κ1) is 20.1. The van der Waals surface area contributed by atoms with Crippen LogP contribution in [0, 0.1) is 0 Å². The van der Waals surface area contributed by atoms with Crippen LogP contribution in [0.1, 0.15) is 11.7 Å². The Bertz CT molecular complexity index is 612. The number of aromatic amines is 1. The van der Waals surface area contributed by atoms with Crippen LogP contribution in [0.3, 0.4) is 0 Å². The fraction of sp³-hybridized carbons (Fsp3) is 0.333. The van der Waals surface area contributed by atoms with E-state index in [1.54, 1.807) is 0 Å². The van der Waals surface area contributed by atoms with Gasteiger partial charge in [0.15, 0.2) is 4.80 Å². The molecule has 22 heavy (non-hydrogen) atoms. The maximum atomic E-state index is 10.8. The second kappa shape index (κ2) is 8.51. The third kappa shape index (κ3) is 7.19. The number of nitrogens with two attached hydrogens (primary N) is 1. The number of H-pyrrole nitrogens is 1. The SMILES string of the molecule is NC(C(=O)O)c1csc(=NC(=O)CCl)[nH]1.O=C(O)C(F)(F)F. The molecule has 13 heteroatoms. The molecule has 0 fully saturated rings. The Kier molecular flexibility index (Phi) is 7.76. The number of alkyl halides is 4. The molecule has 0 aliphatic rings. The van der Waals surface area contributed by atoms with E-state index in [9.17, 15) is 22.8 Å². The molecule has 0 radical (unpaired) electrons. The first-order valence-electron chi connectivity index (χ1n) is 5.08. The summed E-state index contributed by atoms with van der Waals surface area (Å²) in [5.74, 6) is -4.62. The highest BCUT2D eigenvalue weighted by Crippen LogP contribution is 2.13. The zero-order chi connectivity index (χ0) is 17.5. The molecular weight excluding hydrogens is 355 g/mol. The lowest BCUT2D eigenvalue weighted by molar-refractivity contribution is -0.192. The lowest BCUT2D eigenvalue weighted by Gasteiger charge is -2.00. The van der Waals surface area contributed by atoms with Gasteiger partial charge in [0.05, 0.1) is 5.69 Å². The van der Waals surface area contributed by atoms with Crippen molar-refractivity contribution in [3.63, 3.8) is 0 Å². The molecule has 1 unspecified atom stereocenters. The molecule has 1 aromatic heterocycles. The first-order valence-corrected chi connectivity index (χ1v) is 6.50. The smallest absolute Gasteiger partial charge is 0.480 e. The lowest BCUT2D eigenvalue weighted by Crippen LogP contribution is -2.22. The van der Waals surface area contributed by atoms with Crippen LogP contribution in [0.4, 0.5) is 13.2 Å². The van der Waals surface area contributed by atoms with Crippen molar-refractivity contribution >= 4 is 40.8 Å². The maximum absolute atomic E-state index is 10.8. The third-order valence-electron chi connectivity index (χ3n) is 1.73. The van der Waals surface area contributed by atoms with Gasteiger partial charge < -0.3 is 20.9 Å². The van der Waals surface area contributed by atoms with Crippen LogP contribution in [0.5, 0.6) is 0 Å². The molecule has 0 spiro atoms. The molecule has 0 aliphatic heterocycles. The Morgan fingerprint density at radius 1 is 1.41 bits per heavy atom. The minimum Gasteiger partial charge on any atom is -0.480 e. The Morgan fingerprint density at radius 2 is 1.91 bits per heavy atom. The number of carboxylic acid groups (broad SMARTS) is 2. The Hall–Kier alpha value is -1.92. The number of halogens is 4. The van der Waals surface area contributed by atoms with Gasteiger partial charge in [-0.2, -0.15) is 18.2 Å². The van der Waals surface area contributed by atoms with Gasteiger partial charge in [0, 0.05) is 5.38 Å². The molecule has 0 saturated heterocycles. The second-order valence-electron chi connectivity index (χ2n) is 3.38. The number of rotatable bonds is 3. The van der Waals surface area contributed by atoms with E-state index in [2.05, 4.69) is 9.98 Å². The van der Waals surface area contributed by atoms with E-state index in [1.165, 1.54) is 5.38 Å². The minimum absolute atomic E-state index is 0.216. The summed E-state index contributed by atoms with van der Waals surface area (Å²) in [6, 6.07) is -1.14. The molecule has 1 atom stereocenters. The summed E-state index contributed by atoms with van der Waals surface area (Å²) in [4.78, 5) is 36.8. The first-order chi connectivity index (χ1) is 9.98. The molecule has 1 aromatic rings. The molecule has 0 saturated carbocycles. The summed E-state index contributed by atoms with van der Waals surface area (Å²) in [5.41, 5.74) is 5.64. The zero-order valence-corrected chi connectivity index (χ0v) is 12.0. The maximum Gasteiger partial charge on any atom is 0.490 e. The predicted octanol–water partition coefficient (Wildman–Crippen LogP) is 0.460. The van der Waals surface area contributed by atoms with Gasteiger partial charge in [-0.05, 0) is 0 Å². The van der Waals surface area contributed by atoms with Crippen LogP contribution in [0.25, 0.3) is 0 Å². The van der Waals surface area contributed by atoms with Gasteiger partial charge in [0.1, 0.15) is 11.9 Å². The summed E-state index contributed by atoms with van der Waals surface area (Å²) >= 11 is 6.34. The van der Waals surface area contributed by atoms with Gasteiger partial charge in [-0.25, -0.2) is 4.79 Å². The summed E-state index contributed by atoms with van der Waals surface area (Å²) < 4.78 is 31.7. The van der Waals surface area contributed by atoms with Crippen LogP contribution >= 0.6 is 22.9 Å². The van der Waals surface area contributed by atoms with Crippen molar-refractivity contribution in [3.05, 3.63) is 15.9 Å². The number of thiazole rings is 1. The van der Waals surface area contributed by atoms with E-state index in [4.69, 9.17) is 32.3 Å². The normalized spacial score (nSPS) is 13.0. The van der Waals surface area contributed by atoms with Gasteiger partial charge in [-0.15, -0.1) is 22.9 Å². The molecule has 124 valence electrons. The highest BCUT2D eigenvalue weighted by molar-refractivity contribution is 7.07. The highest BCUT2D eigenvalue weighted by Gasteiger charge is 2.38. The van der Waals surface area contributed by atoms with Crippen molar-refractivity contribution in [1.29, 1.82) is 0 Å². The number of hydrogen-bond donors (Lipinski definition) is 4. The van der Waals surface area contributed by atoms with E-state index >= 15 is 0 Å². The summed E-state index contributed by atoms with van der Waals surface area (Å²) in [6.45, 7) is 0. The number of nitrogens with one attached hydrogen (secondary N) is 1. The van der Waals surface area contributed by atoms with Crippen molar-refractivity contribution in [3.8, 4) is 0 Å². The molecule has 0 aliphatic carbocycles. The second-order valence-corrected chi connectivity index (χ2v) is 4.50. The Labute approximate surface area is 129 Å². The minimum atomic E-state index is -5.08. The quantitative estimate of drug-likeness (QED) is 0.574. The number of aliphatic carboxylic acids is 2. The van der Waals surface area contributed by atoms with E-state index in [-0.39, 0.29) is 10.7 Å². The largest absolute Gasteiger partial charge is 0.490 e. The molecule has 1 rings (SSSR count). The van der Waals surface area contributed by atoms with Crippen LogP contribution in [0.15, 0.2) is 10.4 Å². The summed E-state index contributed by atoms with van der Waals surface area (Å²) in [6.07, 6.45) is -5.08. The van der Waals surface area contributed by atoms with Gasteiger partial charge in [0.25, 0.3) is 5.91 Å². The van der Waals surface area contributed by atoms with Crippen LogP contribution < -0.4 is 10.5 Å². The number of carbonyl (C=O) groups is 3. The zero-order valence-electron chi connectivity index (χ0n) is 10.4. The number of hydrogen-bond acceptors (Lipinski definition) is 5. The molecule has 1 amide bonds. The van der Waals surface area contributed by atoms with Gasteiger partial charge in [-0.1, -0.05) is 0 Å². The number of amides is 1. The standard InChI is InChI=1S/C7H8ClN3O3S.C2HF3O2/c8-1-4(12)11-7-10-3(2-15-7)5(9)6(13)14;3-2(4,5)1(6)7/h2,5H,1,9H2,(H,13,14)(H,10,11,12);(H,6,7). The Balaban J connectivity index is 0.000000534. The molecule has 1 heterocycles. The van der Waals surface area contributed by atoms with Crippen molar-refractivity contribution in [1.82, 2.24) is 4.98 Å². The fourth-order valence-electron chi connectivity index (χ4n) is 0.783. The number of carboxylic acids is 2. The average Bonchev–Trinajstić information content (AvgIpc) is 2.85. The fourth-order valence-corrected chi connectivity index (χ4v) is 1.62. The van der Waals surface area contributed by atoms with E-state index in [0.29, 0.717) is 5.69 Å². The highest BCUT2D eigenvalue weighted by atomic mass is 35.5. The lowest BCUT2D eigenvalue weighted by atomic mass is 10.2. The van der Waals surface area contributed by atoms with Crippen LogP contribution in [-0.4, -0.2) is 45.1 Å². The molecule has 0 bridgehead atoms. The van der Waals surface area contributed by atoms with Crippen molar-refractivity contribution in [2.75, 3.05) is 5.88 Å². The molecule has 0 aromatic carbocycles. The number of aromatic nitrogens is 1. The van der Waals surface area contributed by atoms with E-state index in [0.717, 1.165) is 11.3 Å². The predicted molar refractivity (Wildman–Crippen MR) is 68.2 cm³/mol. The topological polar surface area (TPSA) is 146 Å². The molecule has 8 nitrogen and oxygen atoms in total. The third-order valence-corrected chi connectivity index (χ3v) is 2.75. The average molecular weight is 364 g/mol. The summed E-state index contributed by atoms with van der Waals surface area (Å²) in [5, 5.41) is 17.2. The summed E-state index contributed by atoms with van der Waals surface area (Å²) in [7, 11) is 0. The van der Waals surface area contributed by atoms with Crippen LogP contribution in [-0.2, 0) is 14.4 Å².